The van der Waals surface area contributed by atoms with Crippen LogP contribution in [0.15, 0.2) is 48.8 Å². The van der Waals surface area contributed by atoms with Gasteiger partial charge in [0.15, 0.2) is 0 Å². The first kappa shape index (κ1) is 11.7. The number of aromatic nitrogens is 1. The number of carbonyl (C=O) groups is 1. The molecule has 0 saturated heterocycles. The number of rotatable bonds is 4. The second kappa shape index (κ2) is 5.06. The van der Waals surface area contributed by atoms with E-state index in [-0.39, 0.29) is 12.5 Å². The van der Waals surface area contributed by atoms with Gasteiger partial charge in [0.1, 0.15) is 0 Å². The average molecular weight is 250 g/mol. The lowest BCUT2D eigenvalue weighted by atomic mass is 10.0. The van der Waals surface area contributed by atoms with Gasteiger partial charge in [-0.25, -0.2) is 0 Å². The van der Waals surface area contributed by atoms with Crippen molar-refractivity contribution in [3.8, 4) is 0 Å². The summed E-state index contributed by atoms with van der Waals surface area (Å²) < 4.78 is 1.87. The molecule has 1 unspecified atom stereocenters. The van der Waals surface area contributed by atoms with E-state index >= 15 is 0 Å². The van der Waals surface area contributed by atoms with Crippen molar-refractivity contribution in [1.29, 1.82) is 0 Å². The normalized spacial score (nSPS) is 12.3. The van der Waals surface area contributed by atoms with Crippen molar-refractivity contribution in [2.45, 2.75) is 12.5 Å². The molecule has 0 fully saturated rings. The van der Waals surface area contributed by atoms with Gasteiger partial charge in [-0.15, -0.1) is 0 Å². The van der Waals surface area contributed by atoms with Crippen LogP contribution in [0.25, 0.3) is 0 Å². The maximum atomic E-state index is 10.9. The smallest absolute Gasteiger partial charge is 0.305 e. The lowest BCUT2D eigenvalue weighted by Crippen LogP contribution is -2.13. The first-order chi connectivity index (χ1) is 8.16. The number of carboxylic acid groups (broad SMARTS) is 1. The van der Waals surface area contributed by atoms with E-state index < -0.39 is 5.97 Å². The van der Waals surface area contributed by atoms with Crippen LogP contribution in [0.5, 0.6) is 0 Å². The summed E-state index contributed by atoms with van der Waals surface area (Å²) in [5.41, 5.74) is 0.899. The van der Waals surface area contributed by atoms with E-state index in [4.69, 9.17) is 16.7 Å². The van der Waals surface area contributed by atoms with E-state index in [1.807, 2.05) is 41.2 Å². The fourth-order valence-electron chi connectivity index (χ4n) is 1.83. The summed E-state index contributed by atoms with van der Waals surface area (Å²) in [5.74, 6) is -0.830. The zero-order valence-electron chi connectivity index (χ0n) is 9.08. The summed E-state index contributed by atoms with van der Waals surface area (Å²) in [6, 6.07) is 10.8. The van der Waals surface area contributed by atoms with Gasteiger partial charge in [-0.2, -0.15) is 0 Å². The Labute approximate surface area is 104 Å². The molecule has 4 heteroatoms. The van der Waals surface area contributed by atoms with Gasteiger partial charge in [0.05, 0.1) is 12.5 Å². The molecular formula is C13H12ClNO2. The van der Waals surface area contributed by atoms with Gasteiger partial charge in [-0.05, 0) is 29.8 Å². The second-order valence-electron chi connectivity index (χ2n) is 3.80. The topological polar surface area (TPSA) is 42.2 Å². The Bertz CT molecular complexity index is 508. The van der Waals surface area contributed by atoms with Crippen molar-refractivity contribution < 1.29 is 9.90 Å². The van der Waals surface area contributed by atoms with Crippen LogP contribution in [-0.2, 0) is 4.79 Å². The zero-order chi connectivity index (χ0) is 12.3. The molecule has 3 nitrogen and oxygen atoms in total. The zero-order valence-corrected chi connectivity index (χ0v) is 9.84. The number of halogens is 1. The third-order valence-corrected chi connectivity index (χ3v) is 2.82. The molecule has 0 aliphatic carbocycles. The number of hydrogen-bond acceptors (Lipinski definition) is 1. The number of carboxylic acids is 1. The average Bonchev–Trinajstić information content (AvgIpc) is 2.79. The Kier molecular flexibility index (Phi) is 3.49. The van der Waals surface area contributed by atoms with Crippen molar-refractivity contribution in [3.05, 3.63) is 59.4 Å². The van der Waals surface area contributed by atoms with Crippen LogP contribution in [0.1, 0.15) is 18.0 Å². The Morgan fingerprint density at radius 3 is 2.59 bits per heavy atom. The molecule has 1 aromatic heterocycles. The maximum absolute atomic E-state index is 10.9. The molecule has 17 heavy (non-hydrogen) atoms. The molecule has 0 aliphatic heterocycles. The molecule has 0 spiro atoms. The lowest BCUT2D eigenvalue weighted by Gasteiger charge is -2.17. The highest BCUT2D eigenvalue weighted by Gasteiger charge is 2.16. The molecule has 0 radical (unpaired) electrons. The summed E-state index contributed by atoms with van der Waals surface area (Å²) in [6.07, 6.45) is 3.75. The van der Waals surface area contributed by atoms with Crippen LogP contribution in [0.4, 0.5) is 0 Å². The van der Waals surface area contributed by atoms with Gasteiger partial charge in [0.25, 0.3) is 0 Å². The lowest BCUT2D eigenvalue weighted by molar-refractivity contribution is -0.137. The highest BCUT2D eigenvalue weighted by molar-refractivity contribution is 6.30. The molecule has 0 saturated carbocycles. The van der Waals surface area contributed by atoms with E-state index in [9.17, 15) is 4.79 Å². The number of aliphatic carboxylic acids is 1. The summed E-state index contributed by atoms with van der Waals surface area (Å²) >= 11 is 5.93. The molecule has 1 aromatic carbocycles. The third-order valence-electron chi connectivity index (χ3n) is 2.59. The van der Waals surface area contributed by atoms with E-state index in [1.165, 1.54) is 0 Å². The third kappa shape index (κ3) is 2.88. The molecule has 0 bridgehead atoms. The van der Waals surface area contributed by atoms with Crippen LogP contribution in [0, 0.1) is 0 Å². The number of hydrogen-bond donors (Lipinski definition) is 1. The van der Waals surface area contributed by atoms with Gasteiger partial charge in [-0.3, -0.25) is 4.79 Å². The largest absolute Gasteiger partial charge is 0.481 e. The summed E-state index contributed by atoms with van der Waals surface area (Å²) in [6.45, 7) is 0. The van der Waals surface area contributed by atoms with Crippen molar-refractivity contribution in [1.82, 2.24) is 4.57 Å². The summed E-state index contributed by atoms with van der Waals surface area (Å²) in [5, 5.41) is 9.58. The van der Waals surface area contributed by atoms with E-state index in [0.717, 1.165) is 5.56 Å². The molecular weight excluding hydrogens is 238 g/mol. The summed E-state index contributed by atoms with van der Waals surface area (Å²) in [4.78, 5) is 10.9. The first-order valence-electron chi connectivity index (χ1n) is 5.26. The molecule has 0 aliphatic rings. The van der Waals surface area contributed by atoms with Gasteiger partial charge < -0.3 is 9.67 Å². The van der Waals surface area contributed by atoms with Gasteiger partial charge in [-0.1, -0.05) is 23.7 Å². The predicted octanol–water partition coefficient (Wildman–Crippen LogP) is 3.21. The van der Waals surface area contributed by atoms with Crippen molar-refractivity contribution in [3.63, 3.8) is 0 Å². The molecule has 1 heterocycles. The predicted molar refractivity (Wildman–Crippen MR) is 66.3 cm³/mol. The number of nitrogens with zero attached hydrogens (tertiary/aromatic N) is 1. The molecule has 1 N–H and O–H groups in total. The van der Waals surface area contributed by atoms with Crippen LogP contribution in [0.3, 0.4) is 0 Å². The van der Waals surface area contributed by atoms with Crippen LogP contribution < -0.4 is 0 Å². The van der Waals surface area contributed by atoms with Crippen molar-refractivity contribution in [2.24, 2.45) is 0 Å². The Hall–Kier alpha value is -1.74. The monoisotopic (exact) mass is 249 g/mol. The minimum Gasteiger partial charge on any atom is -0.481 e. The minimum absolute atomic E-state index is 0.0367. The van der Waals surface area contributed by atoms with Crippen LogP contribution >= 0.6 is 11.6 Å². The van der Waals surface area contributed by atoms with Gasteiger partial charge in [0.2, 0.25) is 0 Å². The molecule has 88 valence electrons. The first-order valence-corrected chi connectivity index (χ1v) is 5.64. The SMILES string of the molecule is O=C(O)CC(c1cccc(Cl)c1)n1cccc1. The Morgan fingerprint density at radius 1 is 1.29 bits per heavy atom. The molecule has 1 atom stereocenters. The van der Waals surface area contributed by atoms with Crippen LogP contribution in [-0.4, -0.2) is 15.6 Å². The Morgan fingerprint density at radius 2 is 2.00 bits per heavy atom. The second-order valence-corrected chi connectivity index (χ2v) is 4.24. The van der Waals surface area contributed by atoms with Gasteiger partial charge in [0, 0.05) is 17.4 Å². The van der Waals surface area contributed by atoms with Crippen LogP contribution in [0.2, 0.25) is 5.02 Å². The molecule has 2 aromatic rings. The van der Waals surface area contributed by atoms with Crippen molar-refractivity contribution >= 4 is 17.6 Å². The molecule has 2 rings (SSSR count). The molecule has 0 amide bonds. The quantitative estimate of drug-likeness (QED) is 0.904. The van der Waals surface area contributed by atoms with E-state index in [0.29, 0.717) is 5.02 Å². The fraction of sp³-hybridized carbons (Fsp3) is 0.154. The minimum atomic E-state index is -0.830. The standard InChI is InChI=1S/C13H12ClNO2/c14-11-5-3-4-10(8-11)12(9-13(16)17)15-6-1-2-7-15/h1-8,12H,9H2,(H,16,17). The van der Waals surface area contributed by atoms with E-state index in [1.54, 1.807) is 12.1 Å². The van der Waals surface area contributed by atoms with Crippen molar-refractivity contribution in [2.75, 3.05) is 0 Å². The number of benzene rings is 1. The van der Waals surface area contributed by atoms with E-state index in [2.05, 4.69) is 0 Å². The summed E-state index contributed by atoms with van der Waals surface area (Å²) in [7, 11) is 0. The fourth-order valence-corrected chi connectivity index (χ4v) is 2.03. The van der Waals surface area contributed by atoms with Gasteiger partial charge >= 0.3 is 5.97 Å². The highest BCUT2D eigenvalue weighted by atomic mass is 35.5. The maximum Gasteiger partial charge on any atom is 0.305 e. The highest BCUT2D eigenvalue weighted by Crippen LogP contribution is 2.24. The Balaban J connectivity index is 2.36.